The van der Waals surface area contributed by atoms with Gasteiger partial charge >= 0.3 is 24.0 Å². The molecule has 4 fully saturated rings. The van der Waals surface area contributed by atoms with Gasteiger partial charge in [-0.3, -0.25) is 39.2 Å². The van der Waals surface area contributed by atoms with Gasteiger partial charge in [-0.1, -0.05) is 65.7 Å². The summed E-state index contributed by atoms with van der Waals surface area (Å²) in [6.45, 7) is 4.93. The van der Waals surface area contributed by atoms with Gasteiger partial charge < -0.3 is 64.5 Å². The minimum Gasteiger partial charge on any atom is -0.466 e. The summed E-state index contributed by atoms with van der Waals surface area (Å²) in [5.41, 5.74) is 5.82. The van der Waals surface area contributed by atoms with Gasteiger partial charge in [0.15, 0.2) is 21.7 Å². The maximum absolute atomic E-state index is 14.1. The number of amides is 6. The summed E-state index contributed by atoms with van der Waals surface area (Å²) in [6.07, 6.45) is 3.32. The summed E-state index contributed by atoms with van der Waals surface area (Å²) >= 11 is 15.8. The van der Waals surface area contributed by atoms with Crippen LogP contribution >= 0.6 is 45.9 Å². The number of amidine groups is 2. The molecular weight excluding hydrogens is 1570 g/mol. The molecule has 116 heavy (non-hydrogen) atoms. The number of aliphatic imine (C=N–C) groups is 2. The van der Waals surface area contributed by atoms with Crippen molar-refractivity contribution in [2.75, 3.05) is 129 Å². The number of anilines is 2. The summed E-state index contributed by atoms with van der Waals surface area (Å²) in [6, 6.07) is 43.4. The number of esters is 2. The SMILES string of the molecule is COC(=O)C1=C(CN2CCN3C(=O)N(c4ccc(Oc5ccc(C(=O)N(CCO)CCO)cc5)cc4)C[C@@H]3C2)NC(c2nccs2)=N[C@H]1c1ccc(F)cc1Cl.COC(=O)C1=C(CN2CCN3C(=O)N(c4ccc(Oc5ccc(C(=O)N(CCO)Cc6ccccc6)cc5)cc4)C[C@@H]3C2)NC(c2nccs2)=N[C@H]1c1ccc(F)cc1Cl. The number of methoxy groups -OCH3 is 2. The second kappa shape index (κ2) is 37.0. The van der Waals surface area contributed by atoms with Crippen molar-refractivity contribution in [3.63, 3.8) is 0 Å². The first-order valence-corrected chi connectivity index (χ1v) is 39.7. The van der Waals surface area contributed by atoms with Crippen LogP contribution in [0.15, 0.2) is 219 Å². The quantitative estimate of drug-likeness (QED) is 0.0315. The first-order chi connectivity index (χ1) is 56.3. The van der Waals surface area contributed by atoms with Gasteiger partial charge in [0.2, 0.25) is 0 Å². The number of hydrogen-bond acceptors (Lipinski definition) is 23. The van der Waals surface area contributed by atoms with Crippen LogP contribution in [0.5, 0.6) is 23.0 Å². The van der Waals surface area contributed by atoms with E-state index in [4.69, 9.17) is 52.1 Å². The van der Waals surface area contributed by atoms with E-state index >= 15 is 0 Å². The number of aromatic nitrogens is 2. The van der Waals surface area contributed by atoms with Crippen molar-refractivity contribution in [3.05, 3.63) is 269 Å². The minimum absolute atomic E-state index is 0.0921. The molecule has 33 heteroatoms. The predicted octanol–water partition coefficient (Wildman–Crippen LogP) is 10.8. The van der Waals surface area contributed by atoms with Crippen molar-refractivity contribution in [1.29, 1.82) is 0 Å². The number of aliphatic hydroxyl groups is 3. The molecule has 15 rings (SSSR count). The highest BCUT2D eigenvalue weighted by Gasteiger charge is 2.45. The molecule has 27 nitrogen and oxygen atoms in total. The Hall–Kier alpha value is -11.5. The summed E-state index contributed by atoms with van der Waals surface area (Å²) in [5.74, 6) is 0.367. The second-order valence-corrected chi connectivity index (χ2v) is 30.3. The molecule has 9 aromatic rings. The Morgan fingerprint density at radius 3 is 1.29 bits per heavy atom. The average Bonchev–Trinajstić information content (AvgIpc) is 1.77. The van der Waals surface area contributed by atoms with Gasteiger partial charge in [0, 0.05) is 170 Å². The number of thiazole rings is 2. The molecule has 6 aliphatic heterocycles. The van der Waals surface area contributed by atoms with Crippen molar-refractivity contribution in [3.8, 4) is 23.0 Å². The van der Waals surface area contributed by atoms with E-state index in [1.165, 1.54) is 78.2 Å². The Bertz CT molecular complexity index is 5190. The molecule has 6 amide bonds. The predicted molar refractivity (Wildman–Crippen MR) is 434 cm³/mol. The third kappa shape index (κ3) is 18.4. The van der Waals surface area contributed by atoms with Crippen LogP contribution in [0, 0.1) is 11.6 Å². The molecule has 4 atom stereocenters. The molecule has 0 radical (unpaired) electrons. The highest BCUT2D eigenvalue weighted by Crippen LogP contribution is 2.41. The number of fused-ring (bicyclic) bond motifs is 2. The fourth-order valence-corrected chi connectivity index (χ4v) is 16.5. The van der Waals surface area contributed by atoms with Crippen molar-refractivity contribution in [1.82, 2.24) is 50.0 Å². The maximum atomic E-state index is 14.1. The summed E-state index contributed by atoms with van der Waals surface area (Å²) in [4.78, 5) is 113. The molecule has 8 heterocycles. The molecule has 7 aromatic carbocycles. The number of aliphatic hydroxyl groups excluding tert-OH is 3. The average molecular weight is 1650 g/mol. The lowest BCUT2D eigenvalue weighted by Crippen LogP contribution is -2.53. The number of nitrogens with one attached hydrogen (secondary N) is 2. The molecule has 0 aliphatic carbocycles. The van der Waals surface area contributed by atoms with Gasteiger partial charge in [-0.25, -0.2) is 37.9 Å². The standard InChI is InChI=1S/C44H41ClFN7O6S.C39H39ClFN7O7S/c1-58-43(56)38-37(48-40(41-47-17-22-60-41)49-39(38)35-16-9-30(46)23-36(35)45)27-50-18-19-52-32(25-50)26-53(44(52)57)31-10-14-34(15-11-31)59-33-12-7-29(8-13-33)42(55)51(20-21-54)24-28-5-3-2-4-6-28;1-54-38(52)33-32(43-35(36-42-12-19-56-36)44-34(33)30-11-4-25(41)20-31(30)40)23-45-13-14-47-27(21-45)22-48(39(47)53)26-5-9-29(10-6-26)55-28-7-2-24(3-8-28)37(51)46(15-17-49)16-18-50/h2-17,22-23,32,39,54H,18-21,24-27H2,1H3,(H,48,49);2-12,19-20,27,34,49-50H,13-18,21-23H2,1H3,(H,43,44)/t32-,39-;27-,34-/m00/s1. The minimum atomic E-state index is -0.878. The summed E-state index contributed by atoms with van der Waals surface area (Å²) in [5, 5.41) is 39.9. The van der Waals surface area contributed by atoms with Crippen molar-refractivity contribution in [2.24, 2.45) is 9.98 Å². The van der Waals surface area contributed by atoms with Crippen LogP contribution < -0.4 is 29.9 Å². The molecule has 0 spiro atoms. The molecule has 2 aromatic heterocycles. The van der Waals surface area contributed by atoms with Gasteiger partial charge in [-0.15, -0.1) is 22.7 Å². The van der Waals surface area contributed by atoms with Gasteiger partial charge in [0.25, 0.3) is 11.8 Å². The number of carbonyl (C=O) groups is 6. The number of benzene rings is 7. The number of halogens is 4. The van der Waals surface area contributed by atoms with Crippen LogP contribution in [0.3, 0.4) is 0 Å². The lowest BCUT2D eigenvalue weighted by atomic mass is 9.95. The van der Waals surface area contributed by atoms with Crippen LogP contribution in [-0.2, 0) is 25.6 Å². The third-order valence-electron chi connectivity index (χ3n) is 20.4. The van der Waals surface area contributed by atoms with Crippen LogP contribution in [0.2, 0.25) is 10.0 Å². The summed E-state index contributed by atoms with van der Waals surface area (Å²) < 4.78 is 50.7. The highest BCUT2D eigenvalue weighted by molar-refractivity contribution is 7.12. The van der Waals surface area contributed by atoms with Crippen LogP contribution in [0.1, 0.15) is 59.5 Å². The summed E-state index contributed by atoms with van der Waals surface area (Å²) in [7, 11) is 2.60. The van der Waals surface area contributed by atoms with Gasteiger partial charge in [-0.2, -0.15) is 0 Å². The van der Waals surface area contributed by atoms with Crippen LogP contribution in [0.4, 0.5) is 29.7 Å². The number of nitrogens with zero attached hydrogens (tertiary/aromatic N) is 12. The Kier molecular flexibility index (Phi) is 25.8. The molecule has 0 saturated carbocycles. The topological polar surface area (TPSA) is 301 Å². The first kappa shape index (κ1) is 81.1. The monoisotopic (exact) mass is 1650 g/mol. The fourth-order valence-electron chi connectivity index (χ4n) is 14.7. The fraction of sp³-hybridized carbons (Fsp3) is 0.277. The number of ether oxygens (including phenoxy) is 4. The molecule has 0 unspecified atom stereocenters. The Morgan fingerprint density at radius 1 is 0.517 bits per heavy atom. The first-order valence-electron chi connectivity index (χ1n) is 37.2. The van der Waals surface area contributed by atoms with E-state index in [1.54, 1.807) is 99.9 Å². The van der Waals surface area contributed by atoms with E-state index in [1.807, 2.05) is 75.2 Å². The van der Waals surface area contributed by atoms with E-state index in [0.29, 0.717) is 156 Å². The smallest absolute Gasteiger partial charge is 0.338 e. The van der Waals surface area contributed by atoms with Crippen LogP contribution in [0.25, 0.3) is 0 Å². The normalized spacial score (nSPS) is 18.1. The van der Waals surface area contributed by atoms with Gasteiger partial charge in [-0.05, 0) is 127 Å². The van der Waals surface area contributed by atoms with Crippen LogP contribution in [-0.4, -0.2) is 233 Å². The Balaban J connectivity index is 0.000000192. The highest BCUT2D eigenvalue weighted by atomic mass is 35.5. The number of hydrogen-bond donors (Lipinski definition) is 5. The molecule has 600 valence electrons. The molecule has 6 aliphatic rings. The zero-order valence-corrected chi connectivity index (χ0v) is 66.0. The zero-order chi connectivity index (χ0) is 81.1. The van der Waals surface area contributed by atoms with Crippen molar-refractivity contribution < 1.29 is 71.8 Å². The van der Waals surface area contributed by atoms with Gasteiger partial charge in [0.05, 0.1) is 57.3 Å². The molecular formula is C83H80Cl2F2N14O13S2. The van der Waals surface area contributed by atoms with E-state index in [-0.39, 0.29) is 96.6 Å². The third-order valence-corrected chi connectivity index (χ3v) is 22.6. The lowest BCUT2D eigenvalue weighted by molar-refractivity contribution is -0.137. The number of rotatable bonds is 26. The van der Waals surface area contributed by atoms with Gasteiger partial charge in [0.1, 0.15) is 46.7 Å². The van der Waals surface area contributed by atoms with E-state index in [2.05, 4.69) is 30.4 Å². The maximum Gasteiger partial charge on any atom is 0.338 e. The Morgan fingerprint density at radius 2 is 0.914 bits per heavy atom. The van der Waals surface area contributed by atoms with Crippen molar-refractivity contribution >= 4 is 105 Å². The largest absolute Gasteiger partial charge is 0.466 e. The molecule has 4 saturated heterocycles. The van der Waals surface area contributed by atoms with E-state index in [0.717, 1.165) is 11.3 Å². The molecule has 5 N–H and O–H groups in total. The zero-order valence-electron chi connectivity index (χ0n) is 62.8. The lowest BCUT2D eigenvalue weighted by Gasteiger charge is -2.38. The van der Waals surface area contributed by atoms with Crippen molar-refractivity contribution in [2.45, 2.75) is 30.7 Å². The molecule has 0 bridgehead atoms. The number of piperazine rings is 2. The number of carbonyl (C=O) groups excluding carboxylic acids is 6. The Labute approximate surface area is 684 Å². The number of urea groups is 2. The second-order valence-electron chi connectivity index (χ2n) is 27.7. The van der Waals surface area contributed by atoms with E-state index in [9.17, 15) is 52.9 Å². The van der Waals surface area contributed by atoms with E-state index < -0.39 is 35.7 Å².